The van der Waals surface area contributed by atoms with E-state index in [2.05, 4.69) is 6.07 Å². The summed E-state index contributed by atoms with van der Waals surface area (Å²) in [4.78, 5) is 13.1. The Kier molecular flexibility index (Phi) is 4.84. The zero-order valence-electron chi connectivity index (χ0n) is 15.2. The van der Waals surface area contributed by atoms with Crippen molar-refractivity contribution in [1.82, 2.24) is 4.57 Å². The molecule has 5 nitrogen and oxygen atoms in total. The highest BCUT2D eigenvalue weighted by molar-refractivity contribution is 5.99. The van der Waals surface area contributed by atoms with Gasteiger partial charge in [-0.3, -0.25) is 9.36 Å². The molecule has 1 aromatic heterocycles. The lowest BCUT2D eigenvalue weighted by molar-refractivity contribution is 0.234. The number of aliphatic hydroxyl groups excluding tert-OH is 1. The van der Waals surface area contributed by atoms with Gasteiger partial charge in [0.1, 0.15) is 23.3 Å². The fraction of sp³-hybridized carbons (Fsp3) is 0.273. The Balaban J connectivity index is 2.01. The van der Waals surface area contributed by atoms with Crippen molar-refractivity contribution in [3.05, 3.63) is 64.3 Å². The number of aromatic nitrogens is 1. The third kappa shape index (κ3) is 3.25. The van der Waals surface area contributed by atoms with Gasteiger partial charge in [0.05, 0.1) is 6.61 Å². The van der Waals surface area contributed by atoms with Crippen LogP contribution in [0.5, 0.6) is 5.75 Å². The highest BCUT2D eigenvalue weighted by atomic mass is 19.1. The highest BCUT2D eigenvalue weighted by Gasteiger charge is 2.30. The molecule has 0 bridgehead atoms. The van der Waals surface area contributed by atoms with Gasteiger partial charge in [-0.15, -0.1) is 0 Å². The Morgan fingerprint density at radius 1 is 1.21 bits per heavy atom. The molecule has 1 N–H and O–H groups in total. The predicted molar refractivity (Wildman–Crippen MR) is 104 cm³/mol. The number of nitrogens with zero attached hydrogens (tertiary/aromatic N) is 2. The van der Waals surface area contributed by atoms with Crippen LogP contribution in [0.3, 0.4) is 0 Å². The predicted octanol–water partition coefficient (Wildman–Crippen LogP) is 3.78. The van der Waals surface area contributed by atoms with Gasteiger partial charge in [-0.05, 0) is 48.7 Å². The van der Waals surface area contributed by atoms with Gasteiger partial charge >= 0.3 is 0 Å². The summed E-state index contributed by atoms with van der Waals surface area (Å²) in [5.74, 6) is 0.125. The minimum atomic E-state index is -0.408. The summed E-state index contributed by atoms with van der Waals surface area (Å²) in [5.41, 5.74) is 1.12. The number of rotatable bonds is 6. The minimum Gasteiger partial charge on any atom is -0.493 e. The topological polar surface area (TPSA) is 75.2 Å². The van der Waals surface area contributed by atoms with Crippen molar-refractivity contribution in [2.75, 3.05) is 13.2 Å². The minimum absolute atomic E-state index is 0.0133. The SMILES string of the molecule is N#Cc1c(-c2cccc(F)c2)c2cc(OCCCO)ccc2c(=O)n1C1CC1. The average molecular weight is 378 g/mol. The maximum absolute atomic E-state index is 13.9. The second-order valence-electron chi connectivity index (χ2n) is 6.89. The van der Waals surface area contributed by atoms with Crippen LogP contribution in [0.4, 0.5) is 4.39 Å². The van der Waals surface area contributed by atoms with E-state index in [0.717, 1.165) is 12.8 Å². The summed E-state index contributed by atoms with van der Waals surface area (Å²) in [6, 6.07) is 13.3. The van der Waals surface area contributed by atoms with Gasteiger partial charge in [0.25, 0.3) is 5.56 Å². The number of nitriles is 1. The van der Waals surface area contributed by atoms with Crippen LogP contribution in [0.15, 0.2) is 47.3 Å². The summed E-state index contributed by atoms with van der Waals surface area (Å²) in [7, 11) is 0. The number of ether oxygens (including phenoxy) is 1. The van der Waals surface area contributed by atoms with Gasteiger partial charge in [-0.25, -0.2) is 4.39 Å². The normalized spacial score (nSPS) is 13.5. The smallest absolute Gasteiger partial charge is 0.259 e. The summed E-state index contributed by atoms with van der Waals surface area (Å²) < 4.78 is 21.1. The number of hydrogen-bond donors (Lipinski definition) is 1. The first-order valence-corrected chi connectivity index (χ1v) is 9.26. The summed E-state index contributed by atoms with van der Waals surface area (Å²) in [6.45, 7) is 0.356. The first-order valence-electron chi connectivity index (χ1n) is 9.26. The highest BCUT2D eigenvalue weighted by Crippen LogP contribution is 2.39. The van der Waals surface area contributed by atoms with Gasteiger partial charge in [0.15, 0.2) is 0 Å². The van der Waals surface area contributed by atoms with E-state index in [-0.39, 0.29) is 23.9 Å². The Labute approximate surface area is 161 Å². The van der Waals surface area contributed by atoms with Crippen molar-refractivity contribution in [3.63, 3.8) is 0 Å². The fourth-order valence-corrected chi connectivity index (χ4v) is 3.47. The van der Waals surface area contributed by atoms with Gasteiger partial charge in [0.2, 0.25) is 0 Å². The standard InChI is InChI=1S/C22H19FN2O3/c23-15-4-1-3-14(11-15)21-19-12-17(28-10-2-9-26)7-8-18(19)22(27)25(16-5-6-16)20(21)13-24/h1,3-4,7-8,11-12,16,26H,2,5-6,9-10H2. The molecule has 0 atom stereocenters. The fourth-order valence-electron chi connectivity index (χ4n) is 3.47. The second kappa shape index (κ2) is 7.45. The van der Waals surface area contributed by atoms with Crippen LogP contribution in [0.2, 0.25) is 0 Å². The lowest BCUT2D eigenvalue weighted by Crippen LogP contribution is -2.23. The molecule has 28 heavy (non-hydrogen) atoms. The molecule has 0 radical (unpaired) electrons. The van der Waals surface area contributed by atoms with E-state index in [9.17, 15) is 14.4 Å². The first-order chi connectivity index (χ1) is 13.6. The van der Waals surface area contributed by atoms with Crippen LogP contribution in [-0.2, 0) is 0 Å². The molecule has 0 saturated heterocycles. The van der Waals surface area contributed by atoms with Crippen molar-refractivity contribution in [2.45, 2.75) is 25.3 Å². The zero-order valence-corrected chi connectivity index (χ0v) is 15.2. The van der Waals surface area contributed by atoms with E-state index in [1.54, 1.807) is 34.9 Å². The van der Waals surface area contributed by atoms with E-state index in [1.807, 2.05) is 0 Å². The van der Waals surface area contributed by atoms with Crippen LogP contribution in [0.1, 0.15) is 31.0 Å². The molecular weight excluding hydrogens is 359 g/mol. The van der Waals surface area contributed by atoms with Crippen molar-refractivity contribution in [1.29, 1.82) is 5.26 Å². The monoisotopic (exact) mass is 378 g/mol. The zero-order chi connectivity index (χ0) is 19.7. The molecular formula is C22H19FN2O3. The van der Waals surface area contributed by atoms with E-state index >= 15 is 0 Å². The number of hydrogen-bond acceptors (Lipinski definition) is 4. The molecule has 6 heteroatoms. The van der Waals surface area contributed by atoms with Gasteiger partial charge in [-0.1, -0.05) is 12.1 Å². The van der Waals surface area contributed by atoms with Crippen LogP contribution in [-0.4, -0.2) is 22.9 Å². The van der Waals surface area contributed by atoms with Crippen LogP contribution in [0.25, 0.3) is 21.9 Å². The lowest BCUT2D eigenvalue weighted by atomic mass is 9.96. The summed E-state index contributed by atoms with van der Waals surface area (Å²) in [5, 5.41) is 19.8. The number of benzene rings is 2. The molecule has 1 heterocycles. The van der Waals surface area contributed by atoms with Gasteiger partial charge in [-0.2, -0.15) is 5.26 Å². The number of pyridine rings is 1. The molecule has 1 aliphatic carbocycles. The molecule has 0 amide bonds. The van der Waals surface area contributed by atoms with Crippen molar-refractivity contribution < 1.29 is 14.2 Å². The summed E-state index contributed by atoms with van der Waals surface area (Å²) in [6.07, 6.45) is 2.19. The second-order valence-corrected chi connectivity index (χ2v) is 6.89. The molecule has 0 unspecified atom stereocenters. The molecule has 3 aromatic rings. The molecule has 1 aliphatic rings. The number of aliphatic hydroxyl groups is 1. The molecule has 1 saturated carbocycles. The largest absolute Gasteiger partial charge is 0.493 e. The Hall–Kier alpha value is -3.17. The summed E-state index contributed by atoms with van der Waals surface area (Å²) >= 11 is 0. The molecule has 0 spiro atoms. The van der Waals surface area contributed by atoms with Crippen molar-refractivity contribution >= 4 is 10.8 Å². The van der Waals surface area contributed by atoms with Crippen molar-refractivity contribution in [3.8, 4) is 22.9 Å². The Morgan fingerprint density at radius 2 is 2.04 bits per heavy atom. The maximum Gasteiger partial charge on any atom is 0.259 e. The first kappa shape index (κ1) is 18.2. The van der Waals surface area contributed by atoms with Crippen LogP contribution in [0, 0.1) is 17.1 Å². The molecule has 142 valence electrons. The Bertz CT molecular complexity index is 1140. The van der Waals surface area contributed by atoms with Crippen molar-refractivity contribution in [2.24, 2.45) is 0 Å². The molecule has 0 aliphatic heterocycles. The molecule has 1 fully saturated rings. The van der Waals surface area contributed by atoms with Gasteiger partial charge in [0, 0.05) is 35.4 Å². The molecule has 2 aromatic carbocycles. The number of fused-ring (bicyclic) bond motifs is 1. The van der Waals surface area contributed by atoms with E-state index in [4.69, 9.17) is 9.84 Å². The van der Waals surface area contributed by atoms with E-state index in [1.165, 1.54) is 12.1 Å². The Morgan fingerprint density at radius 3 is 2.71 bits per heavy atom. The van der Waals surface area contributed by atoms with E-state index < -0.39 is 5.82 Å². The van der Waals surface area contributed by atoms with Crippen LogP contribution >= 0.6 is 0 Å². The third-order valence-electron chi connectivity index (χ3n) is 4.89. The number of halogens is 1. The third-order valence-corrected chi connectivity index (χ3v) is 4.89. The maximum atomic E-state index is 13.9. The quantitative estimate of drug-likeness (QED) is 0.663. The molecule has 4 rings (SSSR count). The van der Waals surface area contributed by atoms with E-state index in [0.29, 0.717) is 40.7 Å². The lowest BCUT2D eigenvalue weighted by Gasteiger charge is -2.16. The average Bonchev–Trinajstić information content (AvgIpc) is 3.52. The van der Waals surface area contributed by atoms with Gasteiger partial charge < -0.3 is 9.84 Å². The van der Waals surface area contributed by atoms with Crippen LogP contribution < -0.4 is 10.3 Å².